The number of rotatable bonds is 3. The van der Waals surface area contributed by atoms with Crippen LogP contribution in [0.4, 0.5) is 0 Å². The van der Waals surface area contributed by atoms with Crippen LogP contribution in [0, 0.1) is 6.92 Å². The van der Waals surface area contributed by atoms with Crippen LogP contribution < -0.4 is 0 Å². The molecule has 1 aromatic heterocycles. The van der Waals surface area contributed by atoms with Gasteiger partial charge in [-0.15, -0.1) is 0 Å². The largest absolute Gasteiger partial charge is 0.337 e. The first-order chi connectivity index (χ1) is 13.0. The molecule has 0 unspecified atom stereocenters. The quantitative estimate of drug-likeness (QED) is 0.594. The summed E-state index contributed by atoms with van der Waals surface area (Å²) in [6, 6.07) is 12.5. The minimum atomic E-state index is -0.249. The van der Waals surface area contributed by atoms with Crippen LogP contribution in [0.15, 0.2) is 47.0 Å². The summed E-state index contributed by atoms with van der Waals surface area (Å²) in [5, 5.41) is 4.96. The van der Waals surface area contributed by atoms with Crippen LogP contribution in [0.2, 0.25) is 10.0 Å². The van der Waals surface area contributed by atoms with Crippen LogP contribution in [0.25, 0.3) is 11.4 Å². The molecule has 1 aliphatic rings. The Morgan fingerprint density at radius 2 is 1.96 bits per heavy atom. The summed E-state index contributed by atoms with van der Waals surface area (Å²) in [7, 11) is 0. The molecule has 0 N–H and O–H groups in total. The van der Waals surface area contributed by atoms with Crippen molar-refractivity contribution in [2.24, 2.45) is 0 Å². The summed E-state index contributed by atoms with van der Waals surface area (Å²) < 4.78 is 5.50. The zero-order chi connectivity index (χ0) is 19.0. The van der Waals surface area contributed by atoms with Gasteiger partial charge in [-0.25, -0.2) is 0 Å². The molecule has 0 aliphatic carbocycles. The van der Waals surface area contributed by atoms with Gasteiger partial charge < -0.3 is 9.42 Å². The highest BCUT2D eigenvalue weighted by Gasteiger charge is 2.34. The number of hydrogen-bond donors (Lipinski definition) is 0. The minimum absolute atomic E-state index is 0.141. The van der Waals surface area contributed by atoms with Crippen molar-refractivity contribution in [3.63, 3.8) is 0 Å². The summed E-state index contributed by atoms with van der Waals surface area (Å²) in [6.45, 7) is 2.63. The Morgan fingerprint density at radius 1 is 1.19 bits per heavy atom. The summed E-state index contributed by atoms with van der Waals surface area (Å²) in [6.07, 6.45) is 1.64. The topological polar surface area (TPSA) is 59.2 Å². The third kappa shape index (κ3) is 3.70. The van der Waals surface area contributed by atoms with Gasteiger partial charge in [-0.2, -0.15) is 4.98 Å². The van der Waals surface area contributed by atoms with Crippen LogP contribution in [0.5, 0.6) is 0 Å². The van der Waals surface area contributed by atoms with Gasteiger partial charge in [0.25, 0.3) is 5.91 Å². The van der Waals surface area contributed by atoms with Crippen molar-refractivity contribution >= 4 is 29.1 Å². The van der Waals surface area contributed by atoms with E-state index >= 15 is 0 Å². The predicted octanol–water partition coefficient (Wildman–Crippen LogP) is 5.33. The Kier molecular flexibility index (Phi) is 4.89. The van der Waals surface area contributed by atoms with Crippen molar-refractivity contribution in [1.29, 1.82) is 0 Å². The number of nitrogens with zero attached hydrogens (tertiary/aromatic N) is 3. The molecule has 7 heteroatoms. The van der Waals surface area contributed by atoms with Gasteiger partial charge in [-0.3, -0.25) is 4.79 Å². The highest BCUT2D eigenvalue weighted by Crippen LogP contribution is 2.34. The number of carbonyl (C=O) groups is 1. The number of hydrogen-bond acceptors (Lipinski definition) is 4. The standard InChI is InChI=1S/C20H17Cl2N3O2/c1-12-4-2-5-13(8-12)18-23-19(27-24-18)17-6-3-7-25(17)20(26)14-9-15(21)11-16(22)10-14/h2,4-5,8-11,17H,3,6-7H2,1H3/t17-/m0/s1. The van der Waals surface area contributed by atoms with E-state index in [4.69, 9.17) is 27.7 Å². The van der Waals surface area contributed by atoms with Gasteiger partial charge in [0.15, 0.2) is 0 Å². The van der Waals surface area contributed by atoms with Gasteiger partial charge in [-0.05, 0) is 44.0 Å². The molecule has 1 fully saturated rings. The number of aromatic nitrogens is 2. The number of carbonyl (C=O) groups excluding carboxylic acids is 1. The highest BCUT2D eigenvalue weighted by atomic mass is 35.5. The highest BCUT2D eigenvalue weighted by molar-refractivity contribution is 6.35. The maximum absolute atomic E-state index is 13.0. The first kappa shape index (κ1) is 18.0. The molecular formula is C20H17Cl2N3O2. The molecule has 0 spiro atoms. The Hall–Kier alpha value is -2.37. The maximum atomic E-state index is 13.0. The van der Waals surface area contributed by atoms with Gasteiger partial charge in [-0.1, -0.05) is 52.1 Å². The summed E-state index contributed by atoms with van der Waals surface area (Å²) in [5.41, 5.74) is 2.47. The molecule has 138 valence electrons. The van der Waals surface area contributed by atoms with E-state index in [1.54, 1.807) is 23.1 Å². The average molecular weight is 402 g/mol. The Bertz CT molecular complexity index is 982. The lowest BCUT2D eigenvalue weighted by atomic mass is 10.1. The Morgan fingerprint density at radius 3 is 2.70 bits per heavy atom. The molecule has 1 atom stereocenters. The number of benzene rings is 2. The van der Waals surface area contributed by atoms with E-state index in [2.05, 4.69) is 10.1 Å². The van der Waals surface area contributed by atoms with E-state index < -0.39 is 0 Å². The second kappa shape index (κ2) is 7.33. The summed E-state index contributed by atoms with van der Waals surface area (Å²) >= 11 is 12.1. The molecule has 2 aromatic carbocycles. The van der Waals surface area contributed by atoms with Gasteiger partial charge in [0, 0.05) is 27.7 Å². The van der Waals surface area contributed by atoms with Crippen LogP contribution in [0.3, 0.4) is 0 Å². The number of halogens is 2. The zero-order valence-corrected chi connectivity index (χ0v) is 16.2. The molecule has 3 aromatic rings. The number of aryl methyl sites for hydroxylation is 1. The fourth-order valence-corrected chi connectivity index (χ4v) is 3.91. The van der Waals surface area contributed by atoms with Gasteiger partial charge >= 0.3 is 0 Å². The van der Waals surface area contributed by atoms with Crippen molar-refractivity contribution in [2.45, 2.75) is 25.8 Å². The first-order valence-electron chi connectivity index (χ1n) is 8.69. The van der Waals surface area contributed by atoms with E-state index in [-0.39, 0.29) is 11.9 Å². The molecule has 1 saturated heterocycles. The summed E-state index contributed by atoms with van der Waals surface area (Å²) in [5.74, 6) is 0.835. The van der Waals surface area contributed by atoms with Crippen molar-refractivity contribution in [1.82, 2.24) is 15.0 Å². The molecule has 0 bridgehead atoms. The monoisotopic (exact) mass is 401 g/mol. The molecule has 5 nitrogen and oxygen atoms in total. The van der Waals surface area contributed by atoms with Crippen molar-refractivity contribution in [2.75, 3.05) is 6.54 Å². The van der Waals surface area contributed by atoms with Crippen LogP contribution in [-0.4, -0.2) is 27.5 Å². The normalized spacial score (nSPS) is 16.7. The van der Waals surface area contributed by atoms with Crippen LogP contribution in [-0.2, 0) is 0 Å². The molecule has 1 aliphatic heterocycles. The van der Waals surface area contributed by atoms with Gasteiger partial charge in [0.05, 0.1) is 0 Å². The Labute approximate surface area is 166 Å². The van der Waals surface area contributed by atoms with Crippen molar-refractivity contribution in [3.8, 4) is 11.4 Å². The molecule has 2 heterocycles. The van der Waals surface area contributed by atoms with Crippen LogP contribution >= 0.6 is 23.2 Å². The van der Waals surface area contributed by atoms with E-state index in [9.17, 15) is 4.79 Å². The predicted molar refractivity (Wildman–Crippen MR) is 104 cm³/mol. The zero-order valence-electron chi connectivity index (χ0n) is 14.7. The Balaban J connectivity index is 1.61. The average Bonchev–Trinajstić information content (AvgIpc) is 3.29. The molecule has 0 saturated carbocycles. The first-order valence-corrected chi connectivity index (χ1v) is 9.44. The lowest BCUT2D eigenvalue weighted by Crippen LogP contribution is -2.30. The lowest BCUT2D eigenvalue weighted by molar-refractivity contribution is 0.0710. The second-order valence-electron chi connectivity index (χ2n) is 6.64. The number of likely N-dealkylation sites (tertiary alicyclic amines) is 1. The van der Waals surface area contributed by atoms with E-state index in [1.807, 2.05) is 31.2 Å². The lowest BCUT2D eigenvalue weighted by Gasteiger charge is -2.22. The van der Waals surface area contributed by atoms with Crippen LogP contribution in [0.1, 0.15) is 40.7 Å². The van der Waals surface area contributed by atoms with Gasteiger partial charge in [0.2, 0.25) is 11.7 Å². The third-order valence-electron chi connectivity index (χ3n) is 4.63. The third-order valence-corrected chi connectivity index (χ3v) is 5.06. The molecule has 27 heavy (non-hydrogen) atoms. The SMILES string of the molecule is Cc1cccc(-c2noc([C@@H]3CCCN3C(=O)c3cc(Cl)cc(Cl)c3)n2)c1. The van der Waals surface area contributed by atoms with Crippen molar-refractivity contribution in [3.05, 3.63) is 69.5 Å². The van der Waals surface area contributed by atoms with Gasteiger partial charge in [0.1, 0.15) is 6.04 Å². The minimum Gasteiger partial charge on any atom is -0.337 e. The van der Waals surface area contributed by atoms with E-state index in [1.165, 1.54) is 0 Å². The maximum Gasteiger partial charge on any atom is 0.254 e. The smallest absolute Gasteiger partial charge is 0.254 e. The molecular weight excluding hydrogens is 385 g/mol. The summed E-state index contributed by atoms with van der Waals surface area (Å²) in [4.78, 5) is 19.3. The molecule has 4 rings (SSSR count). The number of amides is 1. The molecule has 1 amide bonds. The fourth-order valence-electron chi connectivity index (χ4n) is 3.38. The second-order valence-corrected chi connectivity index (χ2v) is 7.51. The van der Waals surface area contributed by atoms with E-state index in [0.717, 1.165) is 24.0 Å². The molecule has 0 radical (unpaired) electrons. The van der Waals surface area contributed by atoms with E-state index in [0.29, 0.717) is 33.9 Å². The fraction of sp³-hybridized carbons (Fsp3) is 0.250. The van der Waals surface area contributed by atoms with Crippen molar-refractivity contribution < 1.29 is 9.32 Å².